The van der Waals surface area contributed by atoms with E-state index in [9.17, 15) is 4.79 Å². The number of aryl methyl sites for hydroxylation is 1. The second-order valence-electron chi connectivity index (χ2n) is 4.04. The van der Waals surface area contributed by atoms with Crippen molar-refractivity contribution < 1.29 is 9.90 Å². The molecule has 2 N–H and O–H groups in total. The van der Waals surface area contributed by atoms with Crippen molar-refractivity contribution in [2.45, 2.75) is 19.9 Å². The molecule has 0 saturated heterocycles. The molecular formula is C12H12ClN3O2S. The first-order chi connectivity index (χ1) is 8.95. The fourth-order valence-electron chi connectivity index (χ4n) is 1.55. The van der Waals surface area contributed by atoms with Gasteiger partial charge in [0.25, 0.3) is 0 Å². The molecule has 2 heterocycles. The minimum absolute atomic E-state index is 0.0636. The van der Waals surface area contributed by atoms with Gasteiger partial charge in [-0.2, -0.15) is 0 Å². The van der Waals surface area contributed by atoms with Gasteiger partial charge in [-0.05, 0) is 26.0 Å². The summed E-state index contributed by atoms with van der Waals surface area (Å²) in [4.78, 5) is 20.4. The molecule has 1 atom stereocenters. The number of nitrogens with zero attached hydrogens (tertiary/aromatic N) is 2. The Balaban J connectivity index is 2.21. The van der Waals surface area contributed by atoms with Gasteiger partial charge in [0.15, 0.2) is 0 Å². The number of aromatic carboxylic acids is 1. The van der Waals surface area contributed by atoms with E-state index in [0.29, 0.717) is 5.82 Å². The van der Waals surface area contributed by atoms with E-state index in [1.54, 1.807) is 17.5 Å². The van der Waals surface area contributed by atoms with E-state index < -0.39 is 5.97 Å². The van der Waals surface area contributed by atoms with Crippen LogP contribution in [0.3, 0.4) is 0 Å². The van der Waals surface area contributed by atoms with Crippen molar-refractivity contribution >= 4 is 34.7 Å². The number of anilines is 1. The molecule has 1 unspecified atom stereocenters. The molecule has 0 fully saturated rings. The van der Waals surface area contributed by atoms with E-state index in [2.05, 4.69) is 15.3 Å². The lowest BCUT2D eigenvalue weighted by Crippen LogP contribution is -2.09. The Hall–Kier alpha value is -1.66. The SMILES string of the molecule is Cc1cnc(C(C)Nc2cc(C(=O)O)cc(Cl)n2)s1. The molecule has 2 aromatic heterocycles. The highest BCUT2D eigenvalue weighted by Crippen LogP contribution is 2.23. The molecule has 0 aliphatic carbocycles. The van der Waals surface area contributed by atoms with Gasteiger partial charge in [-0.1, -0.05) is 11.6 Å². The van der Waals surface area contributed by atoms with Crippen molar-refractivity contribution in [3.8, 4) is 0 Å². The largest absolute Gasteiger partial charge is 0.478 e. The molecule has 0 saturated carbocycles. The third-order valence-corrected chi connectivity index (χ3v) is 3.70. The average Bonchev–Trinajstić information content (AvgIpc) is 2.75. The quantitative estimate of drug-likeness (QED) is 0.846. The Bertz CT molecular complexity index is 615. The Morgan fingerprint density at radius 1 is 1.53 bits per heavy atom. The summed E-state index contributed by atoms with van der Waals surface area (Å²) in [5.41, 5.74) is 0.102. The van der Waals surface area contributed by atoms with Crippen LogP contribution in [-0.4, -0.2) is 21.0 Å². The Kier molecular flexibility index (Phi) is 4.01. The van der Waals surface area contributed by atoms with Crippen molar-refractivity contribution in [3.63, 3.8) is 0 Å². The second kappa shape index (κ2) is 5.54. The van der Waals surface area contributed by atoms with Crippen LogP contribution in [0.25, 0.3) is 0 Å². The van der Waals surface area contributed by atoms with Crippen LogP contribution in [-0.2, 0) is 0 Å². The number of rotatable bonds is 4. The zero-order valence-corrected chi connectivity index (χ0v) is 11.9. The maximum absolute atomic E-state index is 10.9. The zero-order chi connectivity index (χ0) is 14.0. The molecule has 100 valence electrons. The van der Waals surface area contributed by atoms with Crippen LogP contribution in [0.1, 0.15) is 33.2 Å². The average molecular weight is 298 g/mol. The lowest BCUT2D eigenvalue weighted by molar-refractivity contribution is 0.0697. The monoisotopic (exact) mass is 297 g/mol. The summed E-state index contributed by atoms with van der Waals surface area (Å²) in [5, 5.41) is 13.1. The third kappa shape index (κ3) is 3.42. The first-order valence-electron chi connectivity index (χ1n) is 5.55. The summed E-state index contributed by atoms with van der Waals surface area (Å²) < 4.78 is 0. The van der Waals surface area contributed by atoms with Gasteiger partial charge in [0.05, 0.1) is 11.6 Å². The standard InChI is InChI=1S/C12H12ClN3O2S/c1-6-5-14-11(19-6)7(2)15-10-4-8(12(17)18)3-9(13)16-10/h3-5,7H,1-2H3,(H,15,16)(H,17,18). The number of hydrogen-bond donors (Lipinski definition) is 2. The second-order valence-corrected chi connectivity index (χ2v) is 5.70. The van der Waals surface area contributed by atoms with Crippen molar-refractivity contribution in [1.29, 1.82) is 0 Å². The van der Waals surface area contributed by atoms with Gasteiger partial charge in [0.1, 0.15) is 16.0 Å². The Labute approximate surface area is 119 Å². The van der Waals surface area contributed by atoms with Crippen molar-refractivity contribution in [2.75, 3.05) is 5.32 Å². The van der Waals surface area contributed by atoms with Crippen LogP contribution in [0, 0.1) is 6.92 Å². The fraction of sp³-hybridized carbons (Fsp3) is 0.250. The molecule has 2 aromatic rings. The van der Waals surface area contributed by atoms with Crippen molar-refractivity contribution in [1.82, 2.24) is 9.97 Å². The van der Waals surface area contributed by atoms with E-state index in [4.69, 9.17) is 16.7 Å². The van der Waals surface area contributed by atoms with Gasteiger partial charge in [0.2, 0.25) is 0 Å². The van der Waals surface area contributed by atoms with Crippen LogP contribution in [0.5, 0.6) is 0 Å². The lowest BCUT2D eigenvalue weighted by Gasteiger charge is -2.12. The van der Waals surface area contributed by atoms with Gasteiger partial charge in [-0.3, -0.25) is 0 Å². The minimum atomic E-state index is -1.04. The first kappa shape index (κ1) is 13.8. The Morgan fingerprint density at radius 3 is 2.84 bits per heavy atom. The smallest absolute Gasteiger partial charge is 0.335 e. The van der Waals surface area contributed by atoms with E-state index >= 15 is 0 Å². The van der Waals surface area contributed by atoms with Gasteiger partial charge < -0.3 is 10.4 Å². The molecule has 0 aliphatic heterocycles. The summed E-state index contributed by atoms with van der Waals surface area (Å²) in [6.45, 7) is 3.91. The van der Waals surface area contributed by atoms with Gasteiger partial charge in [-0.15, -0.1) is 11.3 Å². The summed E-state index contributed by atoms with van der Waals surface area (Å²) in [7, 11) is 0. The number of pyridine rings is 1. The fourth-order valence-corrected chi connectivity index (χ4v) is 2.54. The number of carboxylic acid groups (broad SMARTS) is 1. The highest BCUT2D eigenvalue weighted by Gasteiger charge is 2.12. The first-order valence-corrected chi connectivity index (χ1v) is 6.75. The van der Waals surface area contributed by atoms with Crippen LogP contribution < -0.4 is 5.32 Å². The molecule has 0 spiro atoms. The minimum Gasteiger partial charge on any atom is -0.478 e. The summed E-state index contributed by atoms with van der Waals surface area (Å²) in [6.07, 6.45) is 1.80. The summed E-state index contributed by atoms with van der Waals surface area (Å²) in [5.74, 6) is -0.615. The molecule has 19 heavy (non-hydrogen) atoms. The Morgan fingerprint density at radius 2 is 2.26 bits per heavy atom. The molecular weight excluding hydrogens is 286 g/mol. The zero-order valence-electron chi connectivity index (χ0n) is 10.3. The van der Waals surface area contributed by atoms with Crippen LogP contribution >= 0.6 is 22.9 Å². The highest BCUT2D eigenvalue weighted by molar-refractivity contribution is 7.11. The predicted molar refractivity (Wildman–Crippen MR) is 75.1 cm³/mol. The van der Waals surface area contributed by atoms with E-state index in [0.717, 1.165) is 9.88 Å². The number of nitrogens with one attached hydrogen (secondary N) is 1. The van der Waals surface area contributed by atoms with Crippen molar-refractivity contribution in [3.05, 3.63) is 38.9 Å². The van der Waals surface area contributed by atoms with Crippen LogP contribution in [0.15, 0.2) is 18.3 Å². The topological polar surface area (TPSA) is 75.1 Å². The molecule has 2 rings (SSSR count). The third-order valence-electron chi connectivity index (χ3n) is 2.42. The van der Waals surface area contributed by atoms with Gasteiger partial charge in [-0.25, -0.2) is 14.8 Å². The summed E-state index contributed by atoms with van der Waals surface area (Å²) in [6, 6.07) is 2.70. The molecule has 0 aromatic carbocycles. The van der Waals surface area contributed by atoms with E-state index in [-0.39, 0.29) is 16.8 Å². The number of hydrogen-bond acceptors (Lipinski definition) is 5. The van der Waals surface area contributed by atoms with Crippen LogP contribution in [0.2, 0.25) is 5.15 Å². The maximum Gasteiger partial charge on any atom is 0.335 e. The van der Waals surface area contributed by atoms with Gasteiger partial charge in [0, 0.05) is 11.1 Å². The van der Waals surface area contributed by atoms with Crippen molar-refractivity contribution in [2.24, 2.45) is 0 Å². The van der Waals surface area contributed by atoms with E-state index in [1.807, 2.05) is 13.8 Å². The summed E-state index contributed by atoms with van der Waals surface area (Å²) >= 11 is 7.38. The van der Waals surface area contributed by atoms with E-state index in [1.165, 1.54) is 12.1 Å². The maximum atomic E-state index is 10.9. The molecule has 7 heteroatoms. The van der Waals surface area contributed by atoms with Crippen LogP contribution in [0.4, 0.5) is 5.82 Å². The molecule has 0 radical (unpaired) electrons. The highest BCUT2D eigenvalue weighted by atomic mass is 35.5. The number of carboxylic acids is 1. The molecule has 0 aliphatic rings. The number of halogens is 1. The van der Waals surface area contributed by atoms with Gasteiger partial charge >= 0.3 is 5.97 Å². The normalized spacial score (nSPS) is 12.2. The number of carbonyl (C=O) groups is 1. The predicted octanol–water partition coefficient (Wildman–Crippen LogP) is 3.37. The molecule has 0 bridgehead atoms. The lowest BCUT2D eigenvalue weighted by atomic mass is 10.2. The number of thiazole rings is 1. The number of aromatic nitrogens is 2. The molecule has 0 amide bonds. The molecule has 5 nitrogen and oxygen atoms in total.